The number of rotatable bonds is 40. The molecule has 1 aliphatic rings. The third-order valence-electron chi connectivity index (χ3n) is 11.9. The Balaban J connectivity index is 2.85. The Morgan fingerprint density at radius 1 is 0.727 bits per heavy atom. The molecule has 17 nitrogen and oxygen atoms in total. The Labute approximate surface area is 396 Å². The average Bonchev–Trinajstić information content (AvgIpc) is 3.28. The summed E-state index contributed by atoms with van der Waals surface area (Å²) in [7, 11) is 0. The van der Waals surface area contributed by atoms with Gasteiger partial charge < -0.3 is 50.8 Å². The number of nitrogens with one attached hydrogen (secondary N) is 3. The molecule has 0 saturated carbocycles. The van der Waals surface area contributed by atoms with Crippen molar-refractivity contribution in [3.05, 3.63) is 0 Å². The fourth-order valence-corrected chi connectivity index (χ4v) is 7.91. The first kappa shape index (κ1) is 58.3. The molecule has 66 heavy (non-hydrogen) atoms. The number of amides is 4. The fraction of sp³-hybridized carbons (Fsp3) is 0.857. The summed E-state index contributed by atoms with van der Waals surface area (Å²) in [6.45, 7) is 7.55. The highest BCUT2D eigenvalue weighted by Gasteiger charge is 2.43. The van der Waals surface area contributed by atoms with Crippen LogP contribution >= 0.6 is 0 Å². The maximum atomic E-state index is 13.3. The Hall–Kier alpha value is -3.83. The van der Waals surface area contributed by atoms with E-state index in [1.165, 1.54) is 111 Å². The number of hydrogen-bond donors (Lipinski definition) is 6. The number of hydrogen-bond acceptors (Lipinski definition) is 12. The quantitative estimate of drug-likeness (QED) is 0.0280. The molecule has 1 saturated heterocycles. The highest BCUT2D eigenvalue weighted by molar-refractivity contribution is 5.92. The molecule has 0 bridgehead atoms. The van der Waals surface area contributed by atoms with E-state index in [4.69, 9.17) is 31.2 Å². The van der Waals surface area contributed by atoms with Gasteiger partial charge in [0.1, 0.15) is 49.2 Å². The number of carbonyl (C=O) groups excluding carboxylic acids is 6. The van der Waals surface area contributed by atoms with E-state index in [0.29, 0.717) is 11.7 Å². The summed E-state index contributed by atoms with van der Waals surface area (Å²) in [4.78, 5) is 87.3. The molecular formula is C49H88N4O13. The topological polar surface area (TPSA) is 259 Å². The van der Waals surface area contributed by atoms with Crippen molar-refractivity contribution in [3.8, 4) is 0 Å². The Bertz CT molecular complexity index is 1440. The van der Waals surface area contributed by atoms with Gasteiger partial charge in [-0.05, 0) is 39.5 Å². The van der Waals surface area contributed by atoms with E-state index in [2.05, 4.69) is 24.5 Å². The molecule has 382 valence electrons. The van der Waals surface area contributed by atoms with Crippen LogP contribution in [0.5, 0.6) is 0 Å². The van der Waals surface area contributed by atoms with Crippen molar-refractivity contribution < 1.29 is 64.1 Å². The summed E-state index contributed by atoms with van der Waals surface area (Å²) in [5.41, 5.74) is 5.30. The largest absolute Gasteiger partial charge is 0.481 e. The number of carboxylic acid groups (broad SMARTS) is 1. The Kier molecular flexibility index (Phi) is 32.8. The summed E-state index contributed by atoms with van der Waals surface area (Å²) in [6.07, 6.45) is 19.2. The molecule has 1 fully saturated rings. The van der Waals surface area contributed by atoms with Gasteiger partial charge in [0.2, 0.25) is 23.6 Å². The van der Waals surface area contributed by atoms with Crippen molar-refractivity contribution >= 4 is 41.5 Å². The van der Waals surface area contributed by atoms with E-state index in [0.717, 1.165) is 51.4 Å². The van der Waals surface area contributed by atoms with Gasteiger partial charge in [0.15, 0.2) is 1.41 Å². The highest BCUT2D eigenvalue weighted by Crippen LogP contribution is 2.22. The average molecular weight is 942 g/mol. The standard InChI is InChI=1S/C49H88N4O13/c1-6-8-10-12-14-16-18-20-22-24-26-28-38(66-43(57)29-27-25-23-21-19-17-15-13-11-9-7-2)32-44(58)64-34-41-45(59)46(40(33-63-41)52-37(5)54)65-36(4)49(62)51-35(3)48(61)53-39(47(50)60)30-31-42(55)56/h35-36,38-41,45-46,59H,6-34H2,1-5H3,(H2,50,60)(H,51,62)(H,52,54)(H,53,61)(H,55,56)/t35-,36+,38+,39-,40-,41+,45+,46+/m0/s1/i/hD. The number of aliphatic hydroxyl groups excluding tert-OH is 1. The van der Waals surface area contributed by atoms with Crippen LogP contribution in [0.4, 0.5) is 0 Å². The lowest BCUT2D eigenvalue weighted by atomic mass is 9.97. The molecule has 1 heterocycles. The van der Waals surface area contributed by atoms with E-state index in [1.807, 2.05) is 0 Å². The van der Waals surface area contributed by atoms with Gasteiger partial charge in [0, 0.05) is 19.8 Å². The van der Waals surface area contributed by atoms with E-state index < -0.39 is 97.2 Å². The van der Waals surface area contributed by atoms with Gasteiger partial charge in [-0.15, -0.1) is 0 Å². The summed E-state index contributed by atoms with van der Waals surface area (Å²) in [5.74, 6) is -5.67. The predicted molar refractivity (Wildman–Crippen MR) is 251 cm³/mol. The van der Waals surface area contributed by atoms with Crippen LogP contribution in [0.25, 0.3) is 0 Å². The van der Waals surface area contributed by atoms with E-state index in [1.54, 1.807) is 0 Å². The van der Waals surface area contributed by atoms with Gasteiger partial charge in [-0.3, -0.25) is 33.6 Å². The Morgan fingerprint density at radius 3 is 1.74 bits per heavy atom. The molecule has 0 radical (unpaired) electrons. The van der Waals surface area contributed by atoms with Crippen molar-refractivity contribution in [2.24, 2.45) is 5.73 Å². The minimum absolute atomic E-state index is 0.185. The van der Waals surface area contributed by atoms with Crippen LogP contribution in [0.15, 0.2) is 0 Å². The molecule has 7 N–H and O–H groups in total. The van der Waals surface area contributed by atoms with E-state index in [-0.39, 0.29) is 31.8 Å². The minimum Gasteiger partial charge on any atom is -0.481 e. The normalized spacial score (nSPS) is 19.1. The molecule has 1 aliphatic heterocycles. The van der Waals surface area contributed by atoms with Crippen LogP contribution in [0, 0.1) is 0 Å². The van der Waals surface area contributed by atoms with Crippen LogP contribution in [-0.4, -0.2) is 114 Å². The summed E-state index contributed by atoms with van der Waals surface area (Å²) in [5, 5.41) is 25.6. The zero-order chi connectivity index (χ0) is 50.0. The number of primary amides is 1. The third-order valence-corrected chi connectivity index (χ3v) is 11.9. The lowest BCUT2D eigenvalue weighted by Gasteiger charge is -2.41. The maximum absolute atomic E-state index is 13.3. The molecule has 0 aromatic heterocycles. The Morgan fingerprint density at radius 2 is 1.24 bits per heavy atom. The number of nitrogens with two attached hydrogens (primary N) is 1. The first-order chi connectivity index (χ1) is 32.0. The number of carboxylic acids is 1. The number of aliphatic carboxylic acids is 1. The van der Waals surface area contributed by atoms with E-state index in [9.17, 15) is 38.7 Å². The molecule has 0 spiro atoms. The number of ether oxygens (including phenoxy) is 4. The van der Waals surface area contributed by atoms with Crippen LogP contribution in [0.1, 0.15) is 208 Å². The second-order valence-corrected chi connectivity index (χ2v) is 18.1. The fourth-order valence-electron chi connectivity index (χ4n) is 7.91. The molecule has 0 aromatic rings. The first-order valence-corrected chi connectivity index (χ1v) is 25.2. The molecule has 1 rings (SSSR count). The number of carbonyl (C=O) groups is 7. The van der Waals surface area contributed by atoms with Crippen LogP contribution < -0.4 is 21.7 Å². The molecule has 0 aliphatic carbocycles. The van der Waals surface area contributed by atoms with E-state index >= 15 is 0 Å². The van der Waals surface area contributed by atoms with Crippen molar-refractivity contribution in [3.63, 3.8) is 0 Å². The number of unbranched alkanes of at least 4 members (excludes halogenated alkanes) is 20. The maximum Gasteiger partial charge on any atom is 0.309 e. The van der Waals surface area contributed by atoms with Gasteiger partial charge >= 0.3 is 17.9 Å². The lowest BCUT2D eigenvalue weighted by Crippen LogP contribution is -2.62. The predicted octanol–water partition coefficient (Wildman–Crippen LogP) is 6.61. The van der Waals surface area contributed by atoms with Crippen LogP contribution in [0.3, 0.4) is 0 Å². The smallest absolute Gasteiger partial charge is 0.309 e. The summed E-state index contributed by atoms with van der Waals surface area (Å²) >= 11 is 0. The number of esters is 2. The van der Waals surface area contributed by atoms with Crippen LogP contribution in [0.2, 0.25) is 1.41 Å². The first-order valence-electron chi connectivity index (χ1n) is 25.7. The third kappa shape index (κ3) is 29.0. The minimum atomic E-state index is -1.55. The molecule has 0 unspecified atom stereocenters. The second kappa shape index (κ2) is 37.2. The summed E-state index contributed by atoms with van der Waals surface area (Å²) in [6, 6.07) is -3.80. The SMILES string of the molecule is [2H]N(C(=O)[C@@H](C)O[C@H]1[C@H](O)[C@@H](COC(=O)C[C@@H](CCCCCCCCCCCCC)OC(=O)CCCCCCCCCCCCC)OC[C@@H]1NC(C)=O)[C@@H](C)C(=O)N[C@@H](CCC(=O)O)C(N)=O. The molecule has 4 amide bonds. The molecule has 17 heteroatoms. The van der Waals surface area contributed by atoms with Crippen molar-refractivity contribution in [1.29, 1.82) is 0 Å². The second-order valence-electron chi connectivity index (χ2n) is 18.1. The van der Waals surface area contributed by atoms with Crippen molar-refractivity contribution in [2.45, 2.75) is 257 Å². The van der Waals surface area contributed by atoms with Crippen molar-refractivity contribution in [1.82, 2.24) is 15.9 Å². The number of aliphatic hydroxyl groups is 1. The van der Waals surface area contributed by atoms with Crippen LogP contribution in [-0.2, 0) is 52.5 Å². The molecule has 0 aromatic carbocycles. The highest BCUT2D eigenvalue weighted by atomic mass is 16.6. The van der Waals surface area contributed by atoms with Gasteiger partial charge in [-0.1, -0.05) is 142 Å². The monoisotopic (exact) mass is 942 g/mol. The zero-order valence-electron chi connectivity index (χ0n) is 42.0. The summed E-state index contributed by atoms with van der Waals surface area (Å²) < 4.78 is 31.5. The van der Waals surface area contributed by atoms with Crippen molar-refractivity contribution in [2.75, 3.05) is 13.2 Å². The van der Waals surface area contributed by atoms with Gasteiger partial charge in [0.25, 0.3) is 0 Å². The van der Waals surface area contributed by atoms with Gasteiger partial charge in [-0.2, -0.15) is 0 Å². The van der Waals surface area contributed by atoms with Gasteiger partial charge in [0.05, 0.1) is 19.1 Å². The zero-order valence-corrected chi connectivity index (χ0v) is 41.0. The lowest BCUT2D eigenvalue weighted by molar-refractivity contribution is -0.198. The van der Waals surface area contributed by atoms with Gasteiger partial charge in [-0.25, -0.2) is 0 Å². The molecule has 8 atom stereocenters. The molecular weight excluding hydrogens is 853 g/mol.